The topological polar surface area (TPSA) is 73.8 Å². The Bertz CT molecular complexity index is 692. The van der Waals surface area contributed by atoms with Gasteiger partial charge < -0.3 is 10.4 Å². The third-order valence-corrected chi connectivity index (χ3v) is 3.26. The van der Waals surface area contributed by atoms with Gasteiger partial charge in [-0.25, -0.2) is 0 Å². The molecule has 21 heavy (non-hydrogen) atoms. The van der Waals surface area contributed by atoms with Crippen molar-refractivity contribution in [3.05, 3.63) is 65.9 Å². The average molecular weight is 280 g/mol. The second kappa shape index (κ2) is 6.19. The highest BCUT2D eigenvalue weighted by Gasteiger charge is 2.09. The molecule has 0 amide bonds. The molecular weight excluding hydrogens is 264 g/mol. The lowest BCUT2D eigenvalue weighted by Gasteiger charge is -2.06. The van der Waals surface area contributed by atoms with Crippen molar-refractivity contribution in [2.45, 2.75) is 13.2 Å². The van der Waals surface area contributed by atoms with Crippen LogP contribution in [0, 0.1) is 0 Å². The highest BCUT2D eigenvalue weighted by atomic mass is 16.3. The molecule has 0 atom stereocenters. The normalized spacial score (nSPS) is 10.5. The number of aliphatic hydroxyl groups is 1. The first-order valence-electron chi connectivity index (χ1n) is 6.75. The Kier molecular flexibility index (Phi) is 3.93. The third kappa shape index (κ3) is 3.09. The molecular formula is C16H16N4O. The molecule has 0 aliphatic rings. The maximum Gasteiger partial charge on any atom is 0.117 e. The minimum absolute atomic E-state index is 0.0573. The molecule has 0 saturated carbocycles. The minimum Gasteiger partial charge on any atom is -0.392 e. The van der Waals surface area contributed by atoms with E-state index in [0.29, 0.717) is 6.54 Å². The van der Waals surface area contributed by atoms with Crippen molar-refractivity contribution in [2.75, 3.05) is 5.32 Å². The monoisotopic (exact) mass is 280 g/mol. The molecule has 0 unspecified atom stereocenters. The highest BCUT2D eigenvalue weighted by Crippen LogP contribution is 2.20. The first-order chi connectivity index (χ1) is 10.4. The van der Waals surface area contributed by atoms with Crippen molar-refractivity contribution >= 4 is 5.69 Å². The van der Waals surface area contributed by atoms with Gasteiger partial charge in [-0.05, 0) is 17.7 Å². The van der Waals surface area contributed by atoms with Crippen molar-refractivity contribution < 1.29 is 5.11 Å². The van der Waals surface area contributed by atoms with E-state index >= 15 is 0 Å². The molecule has 5 heteroatoms. The van der Waals surface area contributed by atoms with Gasteiger partial charge in [0, 0.05) is 11.3 Å². The van der Waals surface area contributed by atoms with Crippen LogP contribution in [0.2, 0.25) is 0 Å². The Morgan fingerprint density at radius 3 is 2.43 bits per heavy atom. The fourth-order valence-electron chi connectivity index (χ4n) is 2.12. The van der Waals surface area contributed by atoms with Crippen LogP contribution in [-0.4, -0.2) is 20.5 Å². The fraction of sp³-hybridized carbons (Fsp3) is 0.125. The third-order valence-electron chi connectivity index (χ3n) is 3.26. The SMILES string of the molecule is OCc1ccc(NCc2n[nH]nc2-c2ccccc2)cc1. The summed E-state index contributed by atoms with van der Waals surface area (Å²) in [6.07, 6.45) is 0. The molecule has 3 aromatic rings. The van der Waals surface area contributed by atoms with Crippen molar-refractivity contribution in [3.8, 4) is 11.3 Å². The zero-order chi connectivity index (χ0) is 14.5. The van der Waals surface area contributed by atoms with E-state index in [1.54, 1.807) is 0 Å². The maximum atomic E-state index is 9.03. The van der Waals surface area contributed by atoms with E-state index < -0.39 is 0 Å². The van der Waals surface area contributed by atoms with Crippen LogP contribution in [0.15, 0.2) is 54.6 Å². The van der Waals surface area contributed by atoms with Gasteiger partial charge >= 0.3 is 0 Å². The van der Waals surface area contributed by atoms with Gasteiger partial charge in [0.15, 0.2) is 0 Å². The first kappa shape index (κ1) is 13.3. The smallest absolute Gasteiger partial charge is 0.117 e. The van der Waals surface area contributed by atoms with Crippen LogP contribution in [0.25, 0.3) is 11.3 Å². The number of aromatic amines is 1. The molecule has 106 valence electrons. The number of anilines is 1. The maximum absolute atomic E-state index is 9.03. The summed E-state index contributed by atoms with van der Waals surface area (Å²) in [5.41, 5.74) is 4.64. The van der Waals surface area contributed by atoms with Crippen LogP contribution in [0.4, 0.5) is 5.69 Å². The molecule has 2 aromatic carbocycles. The van der Waals surface area contributed by atoms with Crippen LogP contribution in [-0.2, 0) is 13.2 Å². The van der Waals surface area contributed by atoms with Crippen LogP contribution in [0.1, 0.15) is 11.3 Å². The number of rotatable bonds is 5. The van der Waals surface area contributed by atoms with Crippen molar-refractivity contribution in [3.63, 3.8) is 0 Å². The Labute approximate surface area is 122 Å². The number of nitrogens with one attached hydrogen (secondary N) is 2. The van der Waals surface area contributed by atoms with Gasteiger partial charge in [0.1, 0.15) is 11.4 Å². The van der Waals surface area contributed by atoms with Crippen LogP contribution >= 0.6 is 0 Å². The summed E-state index contributed by atoms with van der Waals surface area (Å²) in [6.45, 7) is 0.640. The van der Waals surface area contributed by atoms with Crippen molar-refractivity contribution in [2.24, 2.45) is 0 Å². The van der Waals surface area contributed by atoms with Crippen LogP contribution in [0.3, 0.4) is 0 Å². The number of hydrogen-bond donors (Lipinski definition) is 3. The Morgan fingerprint density at radius 1 is 0.952 bits per heavy atom. The molecule has 5 nitrogen and oxygen atoms in total. The number of aliphatic hydroxyl groups excluding tert-OH is 1. The number of aromatic nitrogens is 3. The van der Waals surface area contributed by atoms with E-state index in [0.717, 1.165) is 28.2 Å². The van der Waals surface area contributed by atoms with Gasteiger partial charge in [0.2, 0.25) is 0 Å². The van der Waals surface area contributed by atoms with Gasteiger partial charge in [0.25, 0.3) is 0 Å². The minimum atomic E-state index is 0.0573. The first-order valence-corrected chi connectivity index (χ1v) is 6.75. The standard InChI is InChI=1S/C16H16N4O/c21-11-12-6-8-14(9-7-12)17-10-15-16(19-20-18-15)13-4-2-1-3-5-13/h1-9,17,21H,10-11H2,(H,18,19,20). The van der Waals surface area contributed by atoms with Crippen LogP contribution < -0.4 is 5.32 Å². The summed E-state index contributed by atoms with van der Waals surface area (Å²) in [6, 6.07) is 17.6. The molecule has 0 radical (unpaired) electrons. The molecule has 0 aliphatic heterocycles. The molecule has 1 aromatic heterocycles. The Balaban J connectivity index is 1.72. The second-order valence-electron chi connectivity index (χ2n) is 4.69. The molecule has 3 rings (SSSR count). The largest absolute Gasteiger partial charge is 0.392 e. The number of nitrogens with zero attached hydrogens (tertiary/aromatic N) is 2. The molecule has 0 fully saturated rings. The molecule has 0 saturated heterocycles. The number of H-pyrrole nitrogens is 1. The molecule has 0 spiro atoms. The summed E-state index contributed by atoms with van der Waals surface area (Å²) < 4.78 is 0. The Hall–Kier alpha value is -2.66. The average Bonchev–Trinajstić information content (AvgIpc) is 3.03. The van der Waals surface area contributed by atoms with E-state index in [-0.39, 0.29) is 6.61 Å². The molecule has 3 N–H and O–H groups in total. The van der Waals surface area contributed by atoms with E-state index in [4.69, 9.17) is 5.11 Å². The predicted molar refractivity (Wildman–Crippen MR) is 81.5 cm³/mol. The van der Waals surface area contributed by atoms with Crippen molar-refractivity contribution in [1.29, 1.82) is 0 Å². The summed E-state index contributed by atoms with van der Waals surface area (Å²) in [5.74, 6) is 0. The fourth-order valence-corrected chi connectivity index (χ4v) is 2.12. The van der Waals surface area contributed by atoms with Gasteiger partial charge in [-0.2, -0.15) is 15.4 Å². The summed E-state index contributed by atoms with van der Waals surface area (Å²) in [4.78, 5) is 0. The summed E-state index contributed by atoms with van der Waals surface area (Å²) >= 11 is 0. The van der Waals surface area contributed by atoms with Crippen LogP contribution in [0.5, 0.6) is 0 Å². The van der Waals surface area contributed by atoms with Crippen molar-refractivity contribution in [1.82, 2.24) is 15.4 Å². The lowest BCUT2D eigenvalue weighted by Crippen LogP contribution is -2.01. The van der Waals surface area contributed by atoms with E-state index in [9.17, 15) is 0 Å². The number of hydrogen-bond acceptors (Lipinski definition) is 4. The van der Waals surface area contributed by atoms with E-state index in [1.165, 1.54) is 0 Å². The Morgan fingerprint density at radius 2 is 1.71 bits per heavy atom. The highest BCUT2D eigenvalue weighted by molar-refractivity contribution is 5.61. The zero-order valence-electron chi connectivity index (χ0n) is 11.5. The van der Waals surface area contributed by atoms with Gasteiger partial charge in [0.05, 0.1) is 13.2 Å². The van der Waals surface area contributed by atoms with E-state index in [2.05, 4.69) is 20.7 Å². The lowest BCUT2D eigenvalue weighted by atomic mass is 10.1. The molecule has 0 bridgehead atoms. The predicted octanol–water partition coefficient (Wildman–Crippen LogP) is 2.58. The molecule has 0 aliphatic carbocycles. The zero-order valence-corrected chi connectivity index (χ0v) is 11.5. The quantitative estimate of drug-likeness (QED) is 0.671. The lowest BCUT2D eigenvalue weighted by molar-refractivity contribution is 0.282. The van der Waals surface area contributed by atoms with Gasteiger partial charge in [-0.15, -0.1) is 0 Å². The summed E-state index contributed by atoms with van der Waals surface area (Å²) in [5, 5.41) is 23.4. The van der Waals surface area contributed by atoms with E-state index in [1.807, 2.05) is 54.6 Å². The second-order valence-corrected chi connectivity index (χ2v) is 4.69. The van der Waals surface area contributed by atoms with Gasteiger partial charge in [-0.1, -0.05) is 42.5 Å². The number of benzene rings is 2. The van der Waals surface area contributed by atoms with Gasteiger partial charge in [-0.3, -0.25) is 0 Å². The summed E-state index contributed by atoms with van der Waals surface area (Å²) in [7, 11) is 0. The molecule has 1 heterocycles.